The Morgan fingerprint density at radius 2 is 0.803 bits per heavy atom. The van der Waals surface area contributed by atoms with Crippen LogP contribution in [0.3, 0.4) is 0 Å². The van der Waals surface area contributed by atoms with Gasteiger partial charge < -0.3 is 9.32 Å². The lowest BCUT2D eigenvalue weighted by Gasteiger charge is -2.28. The third-order valence-corrected chi connectivity index (χ3v) is 13.4. The van der Waals surface area contributed by atoms with E-state index in [0.717, 1.165) is 61.3 Å². The molecule has 0 aliphatic rings. The summed E-state index contributed by atoms with van der Waals surface area (Å²) >= 11 is 0. The van der Waals surface area contributed by atoms with E-state index in [9.17, 15) is 0 Å². The maximum Gasteiger partial charge on any atom is 0.136 e. The molecule has 0 bridgehead atoms. The third-order valence-electron chi connectivity index (χ3n) is 13.4. The Kier molecular flexibility index (Phi) is 8.89. The van der Waals surface area contributed by atoms with Gasteiger partial charge in [-0.05, 0) is 143 Å². The monoisotopic (exact) mass is 839 g/mol. The van der Waals surface area contributed by atoms with E-state index in [1.165, 1.54) is 65.3 Å². The summed E-state index contributed by atoms with van der Waals surface area (Å²) in [5.74, 6) is 0. The first-order valence-corrected chi connectivity index (χ1v) is 22.6. The summed E-state index contributed by atoms with van der Waals surface area (Å²) in [6.07, 6.45) is 0. The molecule has 13 rings (SSSR count). The molecule has 0 fully saturated rings. The second-order valence-corrected chi connectivity index (χ2v) is 17.3. The van der Waals surface area contributed by atoms with E-state index in [1.54, 1.807) is 0 Å². The second-order valence-electron chi connectivity index (χ2n) is 17.3. The topological polar surface area (TPSA) is 16.4 Å². The van der Waals surface area contributed by atoms with Crippen molar-refractivity contribution in [2.24, 2.45) is 0 Å². The van der Waals surface area contributed by atoms with Crippen LogP contribution in [0.25, 0.3) is 110 Å². The predicted molar refractivity (Wildman–Crippen MR) is 280 cm³/mol. The molecule has 0 atom stereocenters. The van der Waals surface area contributed by atoms with Crippen LogP contribution in [0.1, 0.15) is 0 Å². The molecule has 0 amide bonds. The Morgan fingerprint density at radius 3 is 1.59 bits per heavy atom. The summed E-state index contributed by atoms with van der Waals surface area (Å²) in [5, 5.41) is 12.1. The van der Waals surface area contributed by atoms with Gasteiger partial charge in [-0.25, -0.2) is 0 Å². The van der Waals surface area contributed by atoms with Crippen molar-refractivity contribution in [3.8, 4) is 44.5 Å². The van der Waals surface area contributed by atoms with Crippen molar-refractivity contribution in [1.82, 2.24) is 0 Å². The smallest absolute Gasteiger partial charge is 0.136 e. The van der Waals surface area contributed by atoms with Crippen LogP contribution in [-0.2, 0) is 0 Å². The van der Waals surface area contributed by atoms with Gasteiger partial charge in [0, 0.05) is 27.5 Å². The molecule has 0 radical (unpaired) electrons. The molecule has 0 spiro atoms. The lowest BCUT2D eigenvalue weighted by molar-refractivity contribution is 0.669. The maximum atomic E-state index is 6.27. The highest BCUT2D eigenvalue weighted by molar-refractivity contribution is 6.15. The van der Waals surface area contributed by atoms with Crippen molar-refractivity contribution in [2.45, 2.75) is 0 Å². The summed E-state index contributed by atoms with van der Waals surface area (Å²) in [6, 6.07) is 90.5. The quantitative estimate of drug-likeness (QED) is 0.149. The van der Waals surface area contributed by atoms with E-state index in [1.807, 2.05) is 12.1 Å². The van der Waals surface area contributed by atoms with Crippen LogP contribution in [0.15, 0.2) is 253 Å². The average Bonchev–Trinajstić information content (AvgIpc) is 3.77. The van der Waals surface area contributed by atoms with Gasteiger partial charge in [-0.2, -0.15) is 0 Å². The number of para-hydroxylation sites is 1. The van der Waals surface area contributed by atoms with Crippen molar-refractivity contribution >= 4 is 82.1 Å². The van der Waals surface area contributed by atoms with E-state index in [4.69, 9.17) is 4.42 Å². The van der Waals surface area contributed by atoms with E-state index in [2.05, 4.69) is 241 Å². The zero-order valence-electron chi connectivity index (χ0n) is 36.0. The van der Waals surface area contributed by atoms with Gasteiger partial charge in [-0.3, -0.25) is 0 Å². The molecule has 13 aromatic rings. The highest BCUT2D eigenvalue weighted by Crippen LogP contribution is 2.45. The van der Waals surface area contributed by atoms with Crippen molar-refractivity contribution in [1.29, 1.82) is 0 Å². The third kappa shape index (κ3) is 6.42. The number of fused-ring (bicyclic) bond motifs is 8. The summed E-state index contributed by atoms with van der Waals surface area (Å²) in [4.78, 5) is 2.43. The number of nitrogens with zero attached hydrogens (tertiary/aromatic N) is 1. The minimum absolute atomic E-state index is 0.903. The number of benzene rings is 12. The Morgan fingerprint density at radius 1 is 0.258 bits per heavy atom. The van der Waals surface area contributed by atoms with Gasteiger partial charge in [0.05, 0.1) is 5.69 Å². The van der Waals surface area contributed by atoms with Crippen LogP contribution in [0.5, 0.6) is 0 Å². The molecule has 0 N–H and O–H groups in total. The molecular weight excluding hydrogens is 799 g/mol. The van der Waals surface area contributed by atoms with Gasteiger partial charge in [-0.15, -0.1) is 0 Å². The lowest BCUT2D eigenvalue weighted by Crippen LogP contribution is -2.10. The van der Waals surface area contributed by atoms with Crippen LogP contribution < -0.4 is 4.90 Å². The van der Waals surface area contributed by atoms with E-state index >= 15 is 0 Å². The van der Waals surface area contributed by atoms with Crippen LogP contribution in [0.4, 0.5) is 17.1 Å². The highest BCUT2D eigenvalue weighted by Gasteiger charge is 2.20. The normalized spacial score (nSPS) is 11.6. The number of furan rings is 1. The first kappa shape index (κ1) is 37.8. The van der Waals surface area contributed by atoms with Crippen molar-refractivity contribution in [3.05, 3.63) is 249 Å². The van der Waals surface area contributed by atoms with Gasteiger partial charge in [0.25, 0.3) is 0 Å². The van der Waals surface area contributed by atoms with Crippen LogP contribution in [-0.4, -0.2) is 0 Å². The van der Waals surface area contributed by atoms with Crippen molar-refractivity contribution < 1.29 is 4.42 Å². The molecular formula is C64H41NO. The molecule has 0 unspecified atom stereocenters. The highest BCUT2D eigenvalue weighted by atomic mass is 16.3. The Bertz CT molecular complexity index is 3990. The number of hydrogen-bond acceptors (Lipinski definition) is 2. The molecule has 0 aliphatic carbocycles. The second kappa shape index (κ2) is 15.5. The molecule has 0 aliphatic heterocycles. The van der Waals surface area contributed by atoms with Crippen LogP contribution >= 0.6 is 0 Å². The fourth-order valence-corrected chi connectivity index (χ4v) is 10.2. The minimum Gasteiger partial charge on any atom is -0.456 e. The van der Waals surface area contributed by atoms with E-state index in [-0.39, 0.29) is 0 Å². The zero-order valence-corrected chi connectivity index (χ0v) is 36.0. The summed E-state index contributed by atoms with van der Waals surface area (Å²) in [7, 11) is 0. The number of hydrogen-bond donors (Lipinski definition) is 0. The predicted octanol–water partition coefficient (Wildman–Crippen LogP) is 18.3. The van der Waals surface area contributed by atoms with Gasteiger partial charge in [0.1, 0.15) is 11.2 Å². The Hall–Kier alpha value is -8.72. The van der Waals surface area contributed by atoms with Crippen LogP contribution in [0.2, 0.25) is 0 Å². The van der Waals surface area contributed by atoms with E-state index < -0.39 is 0 Å². The summed E-state index contributed by atoms with van der Waals surface area (Å²) in [6.45, 7) is 0. The lowest BCUT2D eigenvalue weighted by atomic mass is 9.89. The molecule has 1 aromatic heterocycles. The zero-order chi connectivity index (χ0) is 43.6. The summed E-state index contributed by atoms with van der Waals surface area (Å²) in [5.41, 5.74) is 14.6. The first-order valence-electron chi connectivity index (χ1n) is 22.6. The fourth-order valence-electron chi connectivity index (χ4n) is 10.2. The standard InChI is InChI=1S/C64H41NO/c1-2-14-46-39-51(25-24-42(46)12-1)56-36-30-44-13-3-6-19-55(44)64(56)45-28-34-53(35-29-45)65(61-40-50-15-4-5-18-54(50)57-20-7-8-21-58(57)61)52-32-26-43(27-33-52)47-16-11-17-48(38-47)49-31-37-60-59-22-9-10-23-62(59)66-63(60)41-49/h1-41H. The molecule has 12 aromatic carbocycles. The van der Waals surface area contributed by atoms with Crippen LogP contribution in [0, 0.1) is 0 Å². The van der Waals surface area contributed by atoms with Crippen molar-refractivity contribution in [3.63, 3.8) is 0 Å². The minimum atomic E-state index is 0.903. The Balaban J connectivity index is 0.926. The molecule has 308 valence electrons. The SMILES string of the molecule is c1cc(-c2ccc(N(c3ccc(-c4c(-c5ccc6ccccc6c5)ccc5ccccc45)cc3)c3cc4ccccc4c4ccccc34)cc2)cc(-c2ccc3c(c2)oc2ccccc23)c1. The van der Waals surface area contributed by atoms with Crippen molar-refractivity contribution in [2.75, 3.05) is 4.90 Å². The fraction of sp³-hybridized carbons (Fsp3) is 0. The van der Waals surface area contributed by atoms with Gasteiger partial charge >= 0.3 is 0 Å². The summed E-state index contributed by atoms with van der Waals surface area (Å²) < 4.78 is 6.27. The van der Waals surface area contributed by atoms with E-state index in [0.29, 0.717) is 0 Å². The number of rotatable bonds is 7. The molecule has 1 heterocycles. The molecule has 0 saturated carbocycles. The number of anilines is 3. The van der Waals surface area contributed by atoms with Gasteiger partial charge in [0.15, 0.2) is 0 Å². The largest absolute Gasteiger partial charge is 0.456 e. The maximum absolute atomic E-state index is 6.27. The Labute approximate surface area is 382 Å². The molecule has 2 heteroatoms. The molecule has 66 heavy (non-hydrogen) atoms. The molecule has 0 saturated heterocycles. The van der Waals surface area contributed by atoms with Gasteiger partial charge in [-0.1, -0.05) is 188 Å². The average molecular weight is 840 g/mol. The first-order chi connectivity index (χ1) is 32.7. The molecule has 2 nitrogen and oxygen atoms in total. The van der Waals surface area contributed by atoms with Gasteiger partial charge in [0.2, 0.25) is 0 Å².